The third kappa shape index (κ3) is 4.80. The first-order valence-corrected chi connectivity index (χ1v) is 8.34. The van der Waals surface area contributed by atoms with Crippen molar-refractivity contribution in [1.82, 2.24) is 9.97 Å². The molecule has 1 amide bonds. The Bertz CT molecular complexity index is 878. The monoisotopic (exact) mass is 352 g/mol. The Balaban J connectivity index is 0.00000196. The molecule has 0 radical (unpaired) electrons. The van der Waals surface area contributed by atoms with E-state index in [0.29, 0.717) is 17.5 Å². The highest BCUT2D eigenvalue weighted by molar-refractivity contribution is 5.84. The second-order valence-corrected chi connectivity index (χ2v) is 5.90. The van der Waals surface area contributed by atoms with E-state index in [1.807, 2.05) is 60.7 Å². The third-order valence-electron chi connectivity index (χ3n) is 3.38. The predicted octanol–water partition coefficient (Wildman–Crippen LogP) is 5.34. The molecule has 3 rings (SSSR count). The van der Waals surface area contributed by atoms with Gasteiger partial charge in [0.1, 0.15) is 11.6 Å². The van der Waals surface area contributed by atoms with Crippen LogP contribution in [0, 0.1) is 0 Å². The lowest BCUT2D eigenvalue weighted by molar-refractivity contribution is 0.130. The van der Waals surface area contributed by atoms with Crippen molar-refractivity contribution in [3.8, 4) is 11.4 Å². The number of rotatable bonds is 5. The molecule has 136 valence electrons. The molecule has 6 nitrogen and oxygen atoms in total. The highest BCUT2D eigenvalue weighted by Gasteiger charge is 2.11. The van der Waals surface area contributed by atoms with Gasteiger partial charge in [-0.1, -0.05) is 48.5 Å². The van der Waals surface area contributed by atoms with Crippen LogP contribution in [0.1, 0.15) is 16.7 Å². The van der Waals surface area contributed by atoms with Gasteiger partial charge in [0, 0.05) is 20.2 Å². The minimum atomic E-state index is -0.552. The molecule has 0 aliphatic rings. The van der Waals surface area contributed by atoms with Gasteiger partial charge in [0.05, 0.1) is 6.10 Å². The largest absolute Gasteiger partial charge is 0.447 e. The van der Waals surface area contributed by atoms with Gasteiger partial charge in [0.2, 0.25) is 0 Å². The summed E-state index contributed by atoms with van der Waals surface area (Å²) < 4.78 is 5.13. The van der Waals surface area contributed by atoms with E-state index < -0.39 is 6.09 Å². The van der Waals surface area contributed by atoms with Gasteiger partial charge in [-0.2, -0.15) is 0 Å². The van der Waals surface area contributed by atoms with Crippen molar-refractivity contribution in [3.63, 3.8) is 0 Å². The van der Waals surface area contributed by atoms with Gasteiger partial charge in [-0.25, -0.2) is 14.8 Å². The molecule has 0 fully saturated rings. The zero-order valence-corrected chi connectivity index (χ0v) is 14.6. The second-order valence-electron chi connectivity index (χ2n) is 5.90. The minimum absolute atomic E-state index is 0. The van der Waals surface area contributed by atoms with Crippen molar-refractivity contribution < 1.29 is 12.4 Å². The number of carbonyl (C=O) groups excluding carboxylic acids is 1. The number of ether oxygens (including phenoxy) is 1. The van der Waals surface area contributed by atoms with Crippen molar-refractivity contribution in [2.75, 3.05) is 10.6 Å². The number of amides is 1. The lowest BCUT2D eigenvalue weighted by Gasteiger charge is -2.12. The van der Waals surface area contributed by atoms with Crippen molar-refractivity contribution in [3.05, 3.63) is 66.7 Å². The van der Waals surface area contributed by atoms with E-state index in [-0.39, 0.29) is 8.96 Å². The van der Waals surface area contributed by atoms with Gasteiger partial charge < -0.3 is 10.1 Å². The van der Waals surface area contributed by atoms with Crippen LogP contribution < -0.4 is 10.6 Å². The van der Waals surface area contributed by atoms with Crippen LogP contribution in [-0.4, -0.2) is 22.2 Å². The van der Waals surface area contributed by atoms with E-state index in [0.717, 1.165) is 11.3 Å². The number of hydrogen-bond acceptors (Lipinski definition) is 5. The summed E-state index contributed by atoms with van der Waals surface area (Å²) in [5.74, 6) is 1.44. The number of nitrogens with zero attached hydrogens (tertiary/aromatic N) is 2. The maximum atomic E-state index is 11.9. The summed E-state index contributed by atoms with van der Waals surface area (Å²) in [7, 11) is 0. The summed E-state index contributed by atoms with van der Waals surface area (Å²) in [4.78, 5) is 20.9. The molecule has 0 bridgehead atoms. The molecule has 0 aliphatic carbocycles. The lowest BCUT2D eigenvalue weighted by Crippen LogP contribution is -2.19. The Morgan fingerprint density at radius 2 is 1.58 bits per heavy atom. The predicted molar refractivity (Wildman–Crippen MR) is 107 cm³/mol. The molecule has 0 aliphatic heterocycles. The average molecular weight is 352 g/mol. The van der Waals surface area contributed by atoms with Crippen LogP contribution in [0.25, 0.3) is 11.4 Å². The Labute approximate surface area is 155 Å². The quantitative estimate of drug-likeness (QED) is 0.648. The summed E-state index contributed by atoms with van der Waals surface area (Å²) in [6, 6.07) is 20.9. The van der Waals surface area contributed by atoms with Crippen molar-refractivity contribution in [2.24, 2.45) is 0 Å². The molecule has 0 atom stereocenters. The van der Waals surface area contributed by atoms with E-state index >= 15 is 0 Å². The van der Waals surface area contributed by atoms with Gasteiger partial charge in [0.15, 0.2) is 5.82 Å². The number of hydrogen-bond donors (Lipinski definition) is 2. The Morgan fingerprint density at radius 3 is 2.23 bits per heavy atom. The van der Waals surface area contributed by atoms with Gasteiger partial charge in [0.25, 0.3) is 0 Å². The average Bonchev–Trinajstić information content (AvgIpc) is 2.62. The fourth-order valence-electron chi connectivity index (χ4n) is 2.31. The number of nitrogens with one attached hydrogen (secondary N) is 2. The standard InChI is InChI=1S/C20H20N4O2.2H2/c1-14(2)26-20(25)24-18-13-17(21-16-11-7-4-8-12-16)22-19(23-18)15-9-5-3-6-10-15;;/h3-14H,1-2H3,(H2,21,22,23,24,25);2*1H. The van der Waals surface area contributed by atoms with E-state index in [4.69, 9.17) is 4.74 Å². The van der Waals surface area contributed by atoms with Crippen LogP contribution in [0.15, 0.2) is 66.7 Å². The fourth-order valence-corrected chi connectivity index (χ4v) is 2.31. The highest BCUT2D eigenvalue weighted by Crippen LogP contribution is 2.22. The first kappa shape index (κ1) is 17.4. The topological polar surface area (TPSA) is 76.1 Å². The number of benzene rings is 2. The molecule has 1 heterocycles. The molecule has 1 aromatic heterocycles. The molecule has 2 N–H and O–H groups in total. The van der Waals surface area contributed by atoms with Gasteiger partial charge in [-0.15, -0.1) is 0 Å². The Hall–Kier alpha value is -3.41. The first-order valence-electron chi connectivity index (χ1n) is 8.34. The number of anilines is 3. The molecule has 26 heavy (non-hydrogen) atoms. The highest BCUT2D eigenvalue weighted by atomic mass is 16.6. The zero-order valence-electron chi connectivity index (χ0n) is 14.6. The van der Waals surface area contributed by atoms with Crippen LogP contribution in [0.4, 0.5) is 22.1 Å². The molecule has 2 aromatic carbocycles. The van der Waals surface area contributed by atoms with Gasteiger partial charge in [-0.05, 0) is 26.0 Å². The number of para-hydroxylation sites is 1. The zero-order chi connectivity index (χ0) is 18.4. The normalized spacial score (nSPS) is 10.4. The van der Waals surface area contributed by atoms with E-state index in [2.05, 4.69) is 20.6 Å². The molecule has 0 saturated carbocycles. The maximum absolute atomic E-state index is 11.9. The molecular formula is C20H24N4O2. The first-order chi connectivity index (χ1) is 12.6. The summed E-state index contributed by atoms with van der Waals surface area (Å²) >= 11 is 0. The molecule has 6 heteroatoms. The molecule has 3 aromatic rings. The van der Waals surface area contributed by atoms with Crippen LogP contribution in [0.3, 0.4) is 0 Å². The third-order valence-corrected chi connectivity index (χ3v) is 3.38. The fraction of sp³-hybridized carbons (Fsp3) is 0.150. The molecule has 0 unspecified atom stereocenters. The summed E-state index contributed by atoms with van der Waals surface area (Å²) in [6.45, 7) is 3.58. The van der Waals surface area contributed by atoms with Crippen molar-refractivity contribution in [1.29, 1.82) is 0 Å². The van der Waals surface area contributed by atoms with Crippen LogP contribution >= 0.6 is 0 Å². The van der Waals surface area contributed by atoms with E-state index in [1.165, 1.54) is 0 Å². The molecule has 0 spiro atoms. The number of carbonyl (C=O) groups is 1. The van der Waals surface area contributed by atoms with Crippen molar-refractivity contribution in [2.45, 2.75) is 20.0 Å². The van der Waals surface area contributed by atoms with E-state index in [9.17, 15) is 4.79 Å². The second kappa shape index (κ2) is 8.11. The lowest BCUT2D eigenvalue weighted by atomic mass is 10.2. The van der Waals surface area contributed by atoms with Crippen LogP contribution in [0.5, 0.6) is 0 Å². The van der Waals surface area contributed by atoms with Crippen LogP contribution in [-0.2, 0) is 4.74 Å². The smallest absolute Gasteiger partial charge is 0.413 e. The summed E-state index contributed by atoms with van der Waals surface area (Å²) in [5, 5.41) is 5.88. The van der Waals surface area contributed by atoms with Crippen molar-refractivity contribution >= 4 is 23.4 Å². The minimum Gasteiger partial charge on any atom is -0.447 e. The van der Waals surface area contributed by atoms with E-state index in [1.54, 1.807) is 19.9 Å². The Kier molecular flexibility index (Phi) is 5.43. The summed E-state index contributed by atoms with van der Waals surface area (Å²) in [5.41, 5.74) is 1.74. The maximum Gasteiger partial charge on any atom is 0.413 e. The Morgan fingerprint density at radius 1 is 0.962 bits per heavy atom. The van der Waals surface area contributed by atoms with Gasteiger partial charge >= 0.3 is 6.09 Å². The van der Waals surface area contributed by atoms with Crippen LogP contribution in [0.2, 0.25) is 0 Å². The summed E-state index contributed by atoms with van der Waals surface area (Å²) in [6.07, 6.45) is -0.768. The molecular weight excluding hydrogens is 328 g/mol. The number of aromatic nitrogens is 2. The SMILES string of the molecule is CC(C)OC(=O)Nc1cc(Nc2ccccc2)nc(-c2ccccc2)n1.[HH].[HH]. The molecule has 0 saturated heterocycles. The van der Waals surface area contributed by atoms with Gasteiger partial charge in [-0.3, -0.25) is 5.32 Å².